The van der Waals surface area contributed by atoms with Crippen LogP contribution in [0.3, 0.4) is 0 Å². The number of hydrogen-bond acceptors (Lipinski definition) is 5. The number of anilines is 3. The van der Waals surface area contributed by atoms with Crippen molar-refractivity contribution in [3.05, 3.63) is 29.5 Å². The van der Waals surface area contributed by atoms with Gasteiger partial charge in [-0.2, -0.15) is 4.98 Å². The Hall–Kier alpha value is -2.24. The standard InChI is InChI=1S/C14H15BN4O/c1-8-5-12(16-2)19-14(17-8)18-10-6-9-3-4-20-13(9)11(15)7-10/h5-7H,3-4H2,1-2H3,(H2,16,17,18,19). The molecular weight excluding hydrogens is 251 g/mol. The van der Waals surface area contributed by atoms with Crippen LogP contribution in [0.25, 0.3) is 0 Å². The lowest BCUT2D eigenvalue weighted by Crippen LogP contribution is -2.09. The molecule has 0 aliphatic carbocycles. The van der Waals surface area contributed by atoms with Gasteiger partial charge < -0.3 is 15.4 Å². The van der Waals surface area contributed by atoms with Crippen LogP contribution in [0.15, 0.2) is 18.2 Å². The highest BCUT2D eigenvalue weighted by Gasteiger charge is 2.15. The lowest BCUT2D eigenvalue weighted by Gasteiger charge is -2.11. The first-order valence-corrected chi connectivity index (χ1v) is 6.51. The topological polar surface area (TPSA) is 59.1 Å². The maximum absolute atomic E-state index is 5.99. The third-order valence-electron chi connectivity index (χ3n) is 3.18. The summed E-state index contributed by atoms with van der Waals surface area (Å²) in [6.07, 6.45) is 0.880. The highest BCUT2D eigenvalue weighted by atomic mass is 16.5. The van der Waals surface area contributed by atoms with E-state index in [2.05, 4.69) is 20.6 Å². The highest BCUT2D eigenvalue weighted by molar-refractivity contribution is 6.34. The van der Waals surface area contributed by atoms with Gasteiger partial charge in [0, 0.05) is 30.9 Å². The van der Waals surface area contributed by atoms with Gasteiger partial charge in [0.15, 0.2) is 0 Å². The first-order chi connectivity index (χ1) is 9.65. The minimum absolute atomic E-state index is 0.549. The van der Waals surface area contributed by atoms with Crippen molar-refractivity contribution in [2.24, 2.45) is 0 Å². The van der Waals surface area contributed by atoms with Crippen LogP contribution in [0.5, 0.6) is 5.75 Å². The fourth-order valence-corrected chi connectivity index (χ4v) is 2.29. The third-order valence-corrected chi connectivity index (χ3v) is 3.18. The second kappa shape index (κ2) is 5.04. The smallest absolute Gasteiger partial charge is 0.229 e. The van der Waals surface area contributed by atoms with Crippen molar-refractivity contribution in [3.8, 4) is 5.75 Å². The fourth-order valence-electron chi connectivity index (χ4n) is 2.29. The Kier molecular flexibility index (Phi) is 3.22. The molecule has 6 heteroatoms. The second-order valence-corrected chi connectivity index (χ2v) is 4.75. The average molecular weight is 266 g/mol. The molecule has 0 spiro atoms. The molecule has 3 rings (SSSR count). The molecule has 0 unspecified atom stereocenters. The zero-order valence-corrected chi connectivity index (χ0v) is 11.5. The molecule has 0 fully saturated rings. The van der Waals surface area contributed by atoms with Gasteiger partial charge in [0.2, 0.25) is 5.95 Å². The maximum Gasteiger partial charge on any atom is 0.229 e. The summed E-state index contributed by atoms with van der Waals surface area (Å²) >= 11 is 0. The van der Waals surface area contributed by atoms with Crippen LogP contribution in [0, 0.1) is 6.92 Å². The lowest BCUT2D eigenvalue weighted by atomic mass is 9.92. The van der Waals surface area contributed by atoms with Crippen LogP contribution in [0.2, 0.25) is 0 Å². The van der Waals surface area contributed by atoms with E-state index in [1.54, 1.807) is 0 Å². The van der Waals surface area contributed by atoms with Crippen LogP contribution < -0.4 is 20.8 Å². The normalized spacial score (nSPS) is 12.7. The number of ether oxygens (including phenoxy) is 1. The number of hydrogen-bond donors (Lipinski definition) is 2. The molecule has 0 saturated carbocycles. The van der Waals surface area contributed by atoms with Crippen LogP contribution >= 0.6 is 0 Å². The Morgan fingerprint density at radius 1 is 1.25 bits per heavy atom. The zero-order chi connectivity index (χ0) is 14.1. The molecule has 1 aliphatic rings. The maximum atomic E-state index is 5.99. The molecule has 20 heavy (non-hydrogen) atoms. The Labute approximate surface area is 119 Å². The van der Waals surface area contributed by atoms with Crippen molar-refractivity contribution in [2.75, 3.05) is 24.3 Å². The molecule has 0 bridgehead atoms. The van der Waals surface area contributed by atoms with Gasteiger partial charge in [-0.15, -0.1) is 0 Å². The van der Waals surface area contributed by atoms with Crippen molar-refractivity contribution >= 4 is 30.8 Å². The van der Waals surface area contributed by atoms with Crippen molar-refractivity contribution < 1.29 is 4.74 Å². The van der Waals surface area contributed by atoms with Crippen LogP contribution in [0.1, 0.15) is 11.3 Å². The predicted molar refractivity (Wildman–Crippen MR) is 80.6 cm³/mol. The molecule has 0 saturated heterocycles. The van der Waals surface area contributed by atoms with Gasteiger partial charge in [-0.1, -0.05) is 5.46 Å². The van der Waals surface area contributed by atoms with E-state index in [0.29, 0.717) is 18.0 Å². The van der Waals surface area contributed by atoms with Gasteiger partial charge in [0.1, 0.15) is 19.4 Å². The minimum atomic E-state index is 0.549. The number of nitrogens with zero attached hydrogens (tertiary/aromatic N) is 2. The molecule has 2 aromatic rings. The molecule has 0 amide bonds. The molecule has 0 atom stereocenters. The van der Waals surface area contributed by atoms with Crippen LogP contribution in [0.4, 0.5) is 17.5 Å². The van der Waals surface area contributed by atoms with E-state index >= 15 is 0 Å². The van der Waals surface area contributed by atoms with Crippen LogP contribution in [-0.2, 0) is 6.42 Å². The summed E-state index contributed by atoms with van der Waals surface area (Å²) in [5.41, 5.74) is 3.53. The Morgan fingerprint density at radius 2 is 2.10 bits per heavy atom. The zero-order valence-electron chi connectivity index (χ0n) is 11.5. The number of nitrogens with one attached hydrogen (secondary N) is 2. The number of fused-ring (bicyclic) bond motifs is 1. The molecule has 1 aromatic heterocycles. The van der Waals surface area contributed by atoms with Gasteiger partial charge in [-0.05, 0) is 24.6 Å². The first kappa shape index (κ1) is 12.8. The first-order valence-electron chi connectivity index (χ1n) is 6.51. The van der Waals surface area contributed by atoms with Crippen LogP contribution in [-0.4, -0.2) is 31.5 Å². The van der Waals surface area contributed by atoms with Crippen molar-refractivity contribution in [3.63, 3.8) is 0 Å². The van der Waals surface area contributed by atoms with Gasteiger partial charge in [0.25, 0.3) is 0 Å². The summed E-state index contributed by atoms with van der Waals surface area (Å²) in [7, 11) is 7.82. The Morgan fingerprint density at radius 3 is 2.90 bits per heavy atom. The highest BCUT2D eigenvalue weighted by Crippen LogP contribution is 2.26. The molecule has 1 aromatic carbocycles. The largest absolute Gasteiger partial charge is 0.494 e. The third kappa shape index (κ3) is 2.41. The predicted octanol–water partition coefficient (Wildman–Crippen LogP) is 1.30. The molecule has 100 valence electrons. The van der Waals surface area contributed by atoms with Crippen molar-refractivity contribution in [1.29, 1.82) is 0 Å². The van der Waals surface area contributed by atoms with E-state index in [0.717, 1.165) is 34.9 Å². The van der Waals surface area contributed by atoms with E-state index in [1.165, 1.54) is 0 Å². The summed E-state index contributed by atoms with van der Waals surface area (Å²) in [6, 6.07) is 5.76. The summed E-state index contributed by atoms with van der Waals surface area (Å²) in [5, 5.41) is 6.20. The monoisotopic (exact) mass is 266 g/mol. The second-order valence-electron chi connectivity index (χ2n) is 4.75. The van der Waals surface area contributed by atoms with E-state index in [9.17, 15) is 0 Å². The van der Waals surface area contributed by atoms with Gasteiger partial charge in [0.05, 0.1) is 6.61 Å². The Bertz CT molecular complexity index is 660. The number of rotatable bonds is 3. The summed E-state index contributed by atoms with van der Waals surface area (Å²) < 4.78 is 5.50. The molecular formula is C14H15BN4O. The number of aryl methyl sites for hydroxylation is 1. The average Bonchev–Trinajstić information content (AvgIpc) is 2.86. The summed E-state index contributed by atoms with van der Waals surface area (Å²) in [5.74, 6) is 2.13. The van der Waals surface area contributed by atoms with E-state index < -0.39 is 0 Å². The lowest BCUT2D eigenvalue weighted by molar-refractivity contribution is 0.359. The number of aromatic nitrogens is 2. The molecule has 2 N–H and O–H groups in total. The quantitative estimate of drug-likeness (QED) is 0.820. The van der Waals surface area contributed by atoms with E-state index in [4.69, 9.17) is 12.6 Å². The molecule has 1 aliphatic heterocycles. The SMILES string of the molecule is [B]c1cc(Nc2nc(C)cc(NC)n2)cc2c1OCC2. The summed E-state index contributed by atoms with van der Waals surface area (Å²) in [6.45, 7) is 2.62. The van der Waals surface area contributed by atoms with Crippen molar-refractivity contribution in [1.82, 2.24) is 9.97 Å². The minimum Gasteiger partial charge on any atom is -0.494 e. The fraction of sp³-hybridized carbons (Fsp3) is 0.286. The van der Waals surface area contributed by atoms with E-state index in [-0.39, 0.29) is 0 Å². The molecule has 2 heterocycles. The van der Waals surface area contributed by atoms with Crippen molar-refractivity contribution in [2.45, 2.75) is 13.3 Å². The van der Waals surface area contributed by atoms with Gasteiger partial charge in [-0.3, -0.25) is 0 Å². The molecule has 2 radical (unpaired) electrons. The van der Waals surface area contributed by atoms with E-state index in [1.807, 2.05) is 32.2 Å². The number of benzene rings is 1. The molecule has 5 nitrogen and oxygen atoms in total. The Balaban J connectivity index is 1.92. The summed E-state index contributed by atoms with van der Waals surface area (Å²) in [4.78, 5) is 8.73. The van der Waals surface area contributed by atoms with Gasteiger partial charge >= 0.3 is 0 Å². The van der Waals surface area contributed by atoms with Gasteiger partial charge in [-0.25, -0.2) is 4.98 Å².